The van der Waals surface area contributed by atoms with Crippen molar-refractivity contribution in [3.05, 3.63) is 143 Å². The summed E-state index contributed by atoms with van der Waals surface area (Å²) in [5, 5.41) is 10.3. The molecule has 0 spiro atoms. The third kappa shape index (κ3) is 3.81. The smallest absolute Gasteiger partial charge is 0.0991 e. The van der Waals surface area contributed by atoms with Crippen molar-refractivity contribution in [2.45, 2.75) is 38.5 Å². The second-order valence-electron chi connectivity index (χ2n) is 13.0. The van der Waals surface area contributed by atoms with Gasteiger partial charge >= 0.3 is 0 Å². The molecule has 44 heavy (non-hydrogen) atoms. The van der Waals surface area contributed by atoms with Crippen molar-refractivity contribution in [3.63, 3.8) is 0 Å². The van der Waals surface area contributed by atoms with E-state index in [-0.39, 0.29) is 10.8 Å². The molecule has 0 aliphatic heterocycles. The summed E-state index contributed by atoms with van der Waals surface area (Å²) in [7, 11) is 0. The highest BCUT2D eigenvalue weighted by atomic mass is 14.7. The van der Waals surface area contributed by atoms with E-state index in [1.54, 1.807) is 0 Å². The highest BCUT2D eigenvalue weighted by Crippen LogP contribution is 2.63. The van der Waals surface area contributed by atoms with Crippen molar-refractivity contribution in [1.82, 2.24) is 9.97 Å². The van der Waals surface area contributed by atoms with E-state index < -0.39 is 0 Å². The summed E-state index contributed by atoms with van der Waals surface area (Å²) in [6, 6.07) is 42.4. The quantitative estimate of drug-likeness (QED) is 0.215. The highest BCUT2D eigenvalue weighted by Gasteiger charge is 2.49. The van der Waals surface area contributed by atoms with E-state index in [1.807, 2.05) is 36.4 Å². The monoisotopic (exact) mass is 565 g/mol. The average molecular weight is 566 g/mol. The molecule has 0 saturated carbocycles. The normalized spacial score (nSPS) is 15.5. The summed E-state index contributed by atoms with van der Waals surface area (Å²) < 4.78 is 0. The van der Waals surface area contributed by atoms with E-state index in [0.717, 1.165) is 44.7 Å². The van der Waals surface area contributed by atoms with Gasteiger partial charge in [-0.25, -0.2) is 9.97 Å². The van der Waals surface area contributed by atoms with Crippen LogP contribution < -0.4 is 0 Å². The molecular weight excluding hydrogens is 534 g/mol. The number of allylic oxidation sites excluding steroid dienone is 2. The van der Waals surface area contributed by atoms with Gasteiger partial charge in [-0.15, -0.1) is 0 Å². The van der Waals surface area contributed by atoms with Gasteiger partial charge in [0.15, 0.2) is 0 Å². The molecule has 3 heteroatoms. The van der Waals surface area contributed by atoms with Crippen LogP contribution >= 0.6 is 0 Å². The topological polar surface area (TPSA) is 49.6 Å². The van der Waals surface area contributed by atoms with Gasteiger partial charge in [0.1, 0.15) is 0 Å². The van der Waals surface area contributed by atoms with Crippen LogP contribution in [-0.2, 0) is 10.8 Å². The zero-order chi connectivity index (χ0) is 30.2. The zero-order valence-electron chi connectivity index (χ0n) is 25.3. The molecule has 0 atom stereocenters. The van der Waals surface area contributed by atoms with Crippen LogP contribution in [0.4, 0.5) is 0 Å². The second kappa shape index (κ2) is 9.33. The Hall–Kier alpha value is -5.33. The maximum absolute atomic E-state index is 9.18. The minimum atomic E-state index is -0.156. The summed E-state index contributed by atoms with van der Waals surface area (Å²) in [4.78, 5) is 10.0. The van der Waals surface area contributed by atoms with Crippen LogP contribution in [0.1, 0.15) is 55.5 Å². The van der Waals surface area contributed by atoms with Gasteiger partial charge in [0.25, 0.3) is 0 Å². The fourth-order valence-electron chi connectivity index (χ4n) is 7.41. The predicted octanol–water partition coefficient (Wildman–Crippen LogP) is 10.00. The van der Waals surface area contributed by atoms with E-state index in [2.05, 4.69) is 113 Å². The molecule has 3 nitrogen and oxygen atoms in total. The maximum atomic E-state index is 9.18. The summed E-state index contributed by atoms with van der Waals surface area (Å²) in [5.41, 5.74) is 15.8. The Bertz CT molecular complexity index is 2230. The summed E-state index contributed by atoms with van der Waals surface area (Å²) in [6.45, 7) is 9.46. The number of hydrogen-bond donors (Lipinski definition) is 0. The van der Waals surface area contributed by atoms with Crippen molar-refractivity contribution >= 4 is 22.0 Å². The van der Waals surface area contributed by atoms with Crippen molar-refractivity contribution in [1.29, 1.82) is 5.26 Å². The first-order chi connectivity index (χ1) is 21.3. The molecule has 2 heterocycles. The van der Waals surface area contributed by atoms with Crippen LogP contribution in [0.15, 0.2) is 115 Å². The summed E-state index contributed by atoms with van der Waals surface area (Å²) >= 11 is 0. The fourth-order valence-corrected chi connectivity index (χ4v) is 7.41. The Morgan fingerprint density at radius 1 is 0.523 bits per heavy atom. The van der Waals surface area contributed by atoms with Gasteiger partial charge in [-0.2, -0.15) is 5.26 Å². The van der Waals surface area contributed by atoms with Crippen LogP contribution in [-0.4, -0.2) is 9.97 Å². The number of fused-ring (bicyclic) bond motifs is 5. The molecule has 0 fully saturated rings. The Labute approximate surface area is 258 Å². The molecular formula is C41H31N3. The van der Waals surface area contributed by atoms with Crippen molar-refractivity contribution < 1.29 is 0 Å². The van der Waals surface area contributed by atoms with E-state index in [4.69, 9.17) is 9.97 Å². The minimum Gasteiger partial charge on any atom is -0.248 e. The van der Waals surface area contributed by atoms with Crippen molar-refractivity contribution in [2.24, 2.45) is 0 Å². The highest BCUT2D eigenvalue weighted by molar-refractivity contribution is 6.10. The van der Waals surface area contributed by atoms with Gasteiger partial charge in [-0.3, -0.25) is 0 Å². The molecule has 0 bridgehead atoms. The number of para-hydroxylation sites is 1. The van der Waals surface area contributed by atoms with Crippen molar-refractivity contribution in [3.8, 4) is 39.8 Å². The number of aromatic nitrogens is 2. The van der Waals surface area contributed by atoms with Gasteiger partial charge in [0.05, 0.1) is 34.2 Å². The molecule has 6 aromatic rings. The van der Waals surface area contributed by atoms with Gasteiger partial charge in [0.2, 0.25) is 0 Å². The lowest BCUT2D eigenvalue weighted by Crippen LogP contribution is -2.19. The molecule has 0 radical (unpaired) electrons. The molecule has 2 aromatic heterocycles. The first-order valence-corrected chi connectivity index (χ1v) is 15.1. The molecule has 4 aromatic carbocycles. The SMILES string of the molecule is CC1(C)C2=C(c3ccc(-c4cccc(-c5ccc(C#N)cc5)n4)cc31)C(C)(C)c1cc(-c3ccc4ccccc4n3)ccc12. The number of nitriles is 1. The number of rotatable bonds is 3. The second-order valence-corrected chi connectivity index (χ2v) is 13.0. The Kier molecular flexibility index (Phi) is 5.58. The lowest BCUT2D eigenvalue weighted by molar-refractivity contribution is 0.694. The molecule has 0 unspecified atom stereocenters. The molecule has 2 aliphatic rings. The minimum absolute atomic E-state index is 0.144. The van der Waals surface area contributed by atoms with Crippen LogP contribution in [0.3, 0.4) is 0 Å². The number of pyridine rings is 2. The Morgan fingerprint density at radius 2 is 1.07 bits per heavy atom. The molecule has 0 amide bonds. The molecule has 2 aliphatic carbocycles. The third-order valence-corrected chi connectivity index (χ3v) is 9.67. The standard InChI is InChI=1S/C41H31N3/c1-40(2)32-22-28(36-11-7-10-35(43-36)27-14-12-25(24-42)13-15-27)16-19-30(32)38-39(40)31-20-17-29(23-33(31)41(38,3)4)37-21-18-26-8-5-6-9-34(26)44-37/h5-23H,1-4H3. The Balaban J connectivity index is 1.18. The third-order valence-electron chi connectivity index (χ3n) is 9.67. The van der Waals surface area contributed by atoms with Crippen LogP contribution in [0.25, 0.3) is 55.8 Å². The predicted molar refractivity (Wildman–Crippen MR) is 180 cm³/mol. The van der Waals surface area contributed by atoms with E-state index in [9.17, 15) is 5.26 Å². The molecule has 0 N–H and O–H groups in total. The van der Waals surface area contributed by atoms with Crippen LogP contribution in [0.2, 0.25) is 0 Å². The zero-order valence-corrected chi connectivity index (χ0v) is 25.3. The largest absolute Gasteiger partial charge is 0.248 e. The number of benzene rings is 4. The van der Waals surface area contributed by atoms with Crippen molar-refractivity contribution in [2.75, 3.05) is 0 Å². The fraction of sp³-hybridized carbons (Fsp3) is 0.146. The van der Waals surface area contributed by atoms with Crippen LogP contribution in [0, 0.1) is 11.3 Å². The summed E-state index contributed by atoms with van der Waals surface area (Å²) in [5.74, 6) is 0. The van der Waals surface area contributed by atoms with Crippen LogP contribution in [0.5, 0.6) is 0 Å². The average Bonchev–Trinajstić information content (AvgIpc) is 3.45. The van der Waals surface area contributed by atoms with Gasteiger partial charge in [-0.1, -0.05) is 94.4 Å². The first-order valence-electron chi connectivity index (χ1n) is 15.1. The Morgan fingerprint density at radius 3 is 1.68 bits per heavy atom. The van der Waals surface area contributed by atoms with E-state index in [1.165, 1.54) is 33.4 Å². The van der Waals surface area contributed by atoms with Gasteiger partial charge in [0, 0.05) is 32.9 Å². The van der Waals surface area contributed by atoms with Gasteiger partial charge in [-0.05, 0) is 81.9 Å². The number of nitrogens with zero attached hydrogens (tertiary/aromatic N) is 3. The molecule has 0 saturated heterocycles. The lowest BCUT2D eigenvalue weighted by Gasteiger charge is -2.28. The maximum Gasteiger partial charge on any atom is 0.0991 e. The first kappa shape index (κ1) is 26.3. The number of hydrogen-bond acceptors (Lipinski definition) is 3. The molecule has 8 rings (SSSR count). The lowest BCUT2D eigenvalue weighted by atomic mass is 9.75. The van der Waals surface area contributed by atoms with E-state index in [0.29, 0.717) is 5.56 Å². The molecule has 210 valence electrons. The van der Waals surface area contributed by atoms with Gasteiger partial charge < -0.3 is 0 Å². The summed E-state index contributed by atoms with van der Waals surface area (Å²) in [6.07, 6.45) is 0. The van der Waals surface area contributed by atoms with E-state index >= 15 is 0 Å².